The van der Waals surface area contributed by atoms with Gasteiger partial charge in [0, 0.05) is 22.8 Å². The van der Waals surface area contributed by atoms with E-state index in [9.17, 15) is 9.59 Å². The number of nitrogens with zero attached hydrogens (tertiary/aromatic N) is 1. The number of carboxylic acid groups (broad SMARTS) is 1. The molecule has 0 bridgehead atoms. The summed E-state index contributed by atoms with van der Waals surface area (Å²) in [6.45, 7) is 0.259. The Kier molecular flexibility index (Phi) is 4.11. The van der Waals surface area contributed by atoms with Gasteiger partial charge >= 0.3 is 5.97 Å². The number of para-hydroxylation sites is 1. The van der Waals surface area contributed by atoms with Crippen LogP contribution in [0.3, 0.4) is 0 Å². The molecule has 2 N–H and O–H groups in total. The van der Waals surface area contributed by atoms with Gasteiger partial charge in [0.15, 0.2) is 0 Å². The molecule has 0 saturated carbocycles. The second kappa shape index (κ2) is 6.06. The first-order chi connectivity index (χ1) is 11.0. The number of halogens is 1. The number of thiophene rings is 1. The summed E-state index contributed by atoms with van der Waals surface area (Å²) in [5.41, 5.74) is 1.27. The number of fused-ring (bicyclic) bond motifs is 1. The van der Waals surface area contributed by atoms with E-state index < -0.39 is 5.97 Å². The molecule has 3 rings (SSSR count). The largest absolute Gasteiger partial charge is 0.477 e. The SMILES string of the molecule is Cn1c(C(=O)NCc2ccc(C(=O)O)s2)c(Cl)c2ccccc21. The number of aromatic carboxylic acids is 1. The predicted molar refractivity (Wildman–Crippen MR) is 90.4 cm³/mol. The van der Waals surface area contributed by atoms with Crippen LogP contribution in [-0.4, -0.2) is 21.6 Å². The molecule has 0 saturated heterocycles. The molecule has 0 aliphatic heterocycles. The van der Waals surface area contributed by atoms with Crippen LogP contribution in [0.25, 0.3) is 10.9 Å². The lowest BCUT2D eigenvalue weighted by molar-refractivity contribution is 0.0702. The second-order valence-corrected chi connectivity index (χ2v) is 6.54. The van der Waals surface area contributed by atoms with Crippen LogP contribution in [0, 0.1) is 0 Å². The highest BCUT2D eigenvalue weighted by molar-refractivity contribution is 7.13. The van der Waals surface area contributed by atoms with Gasteiger partial charge in [0.05, 0.1) is 11.6 Å². The molecule has 2 aromatic heterocycles. The second-order valence-electron chi connectivity index (χ2n) is 4.99. The van der Waals surface area contributed by atoms with Gasteiger partial charge in [-0.25, -0.2) is 4.79 Å². The van der Waals surface area contributed by atoms with Crippen molar-refractivity contribution in [2.45, 2.75) is 6.54 Å². The number of carbonyl (C=O) groups is 2. The maximum Gasteiger partial charge on any atom is 0.345 e. The zero-order chi connectivity index (χ0) is 16.6. The van der Waals surface area contributed by atoms with Crippen LogP contribution in [0.15, 0.2) is 36.4 Å². The van der Waals surface area contributed by atoms with Gasteiger partial charge in [-0.1, -0.05) is 29.8 Å². The maximum absolute atomic E-state index is 12.4. The summed E-state index contributed by atoms with van der Waals surface area (Å²) >= 11 is 7.47. The van der Waals surface area contributed by atoms with Crippen molar-refractivity contribution in [1.29, 1.82) is 0 Å². The summed E-state index contributed by atoms with van der Waals surface area (Å²) in [5.74, 6) is -1.26. The number of hydrogen-bond donors (Lipinski definition) is 2. The van der Waals surface area contributed by atoms with E-state index in [0.717, 1.165) is 27.1 Å². The zero-order valence-corrected chi connectivity index (χ0v) is 13.7. The molecule has 1 aromatic carbocycles. The fraction of sp³-hybridized carbons (Fsp3) is 0.125. The van der Waals surface area contributed by atoms with E-state index in [2.05, 4.69) is 5.32 Å². The molecular formula is C16H13ClN2O3S. The first kappa shape index (κ1) is 15.6. The Morgan fingerprint density at radius 3 is 2.65 bits per heavy atom. The summed E-state index contributed by atoms with van der Waals surface area (Å²) in [6.07, 6.45) is 0. The zero-order valence-electron chi connectivity index (χ0n) is 12.2. The number of carbonyl (C=O) groups excluding carboxylic acids is 1. The van der Waals surface area contributed by atoms with Gasteiger partial charge in [-0.3, -0.25) is 4.79 Å². The first-order valence-corrected chi connectivity index (χ1v) is 8.01. The minimum absolute atomic E-state index is 0.247. The third-order valence-electron chi connectivity index (χ3n) is 3.56. The van der Waals surface area contributed by atoms with E-state index in [1.54, 1.807) is 17.7 Å². The Balaban J connectivity index is 1.82. The molecule has 1 amide bonds. The number of amides is 1. The third kappa shape index (κ3) is 2.83. The fourth-order valence-electron chi connectivity index (χ4n) is 2.44. The number of nitrogens with one attached hydrogen (secondary N) is 1. The number of hydrogen-bond acceptors (Lipinski definition) is 3. The minimum Gasteiger partial charge on any atom is -0.477 e. The van der Waals surface area contributed by atoms with Crippen LogP contribution in [0.1, 0.15) is 25.0 Å². The third-order valence-corrected chi connectivity index (χ3v) is 5.01. The molecule has 5 nitrogen and oxygen atoms in total. The van der Waals surface area contributed by atoms with Crippen LogP contribution in [0.4, 0.5) is 0 Å². The van der Waals surface area contributed by atoms with Crippen molar-refractivity contribution in [2.75, 3.05) is 0 Å². The summed E-state index contributed by atoms with van der Waals surface area (Å²) in [6, 6.07) is 10.7. The van der Waals surface area contributed by atoms with Crippen LogP contribution in [-0.2, 0) is 13.6 Å². The molecule has 118 valence electrons. The molecule has 0 atom stereocenters. The van der Waals surface area contributed by atoms with Crippen molar-refractivity contribution >= 4 is 45.7 Å². The summed E-state index contributed by atoms with van der Waals surface area (Å²) in [5, 5.41) is 12.9. The van der Waals surface area contributed by atoms with Crippen LogP contribution < -0.4 is 5.32 Å². The van der Waals surface area contributed by atoms with Gasteiger partial charge in [-0.15, -0.1) is 11.3 Å². The van der Waals surface area contributed by atoms with Crippen molar-refractivity contribution in [1.82, 2.24) is 9.88 Å². The molecule has 0 aliphatic carbocycles. The molecule has 0 aliphatic rings. The van der Waals surface area contributed by atoms with Crippen molar-refractivity contribution in [3.05, 3.63) is 56.9 Å². The average Bonchev–Trinajstić information content (AvgIpc) is 3.10. The number of rotatable bonds is 4. The van der Waals surface area contributed by atoms with Crippen LogP contribution in [0.5, 0.6) is 0 Å². The molecule has 7 heteroatoms. The standard InChI is InChI=1S/C16H13ClN2O3S/c1-19-11-5-3-2-4-10(11)13(17)14(19)15(20)18-8-9-6-7-12(23-9)16(21)22/h2-7H,8H2,1H3,(H,18,20)(H,21,22). The number of carboxylic acids is 1. The van der Waals surface area contributed by atoms with E-state index in [4.69, 9.17) is 16.7 Å². The van der Waals surface area contributed by atoms with Crippen molar-refractivity contribution in [2.24, 2.45) is 7.05 Å². The normalized spacial score (nSPS) is 10.9. The topological polar surface area (TPSA) is 71.3 Å². The Morgan fingerprint density at radius 2 is 2.00 bits per heavy atom. The van der Waals surface area contributed by atoms with Gasteiger partial charge in [-0.2, -0.15) is 0 Å². The number of aryl methyl sites for hydroxylation is 1. The molecule has 3 aromatic rings. The van der Waals surface area contributed by atoms with Gasteiger partial charge in [0.2, 0.25) is 0 Å². The van der Waals surface area contributed by atoms with Gasteiger partial charge in [0.25, 0.3) is 5.91 Å². The van der Waals surface area contributed by atoms with Gasteiger partial charge < -0.3 is 15.0 Å². The Morgan fingerprint density at radius 1 is 1.26 bits per heavy atom. The average molecular weight is 349 g/mol. The maximum atomic E-state index is 12.4. The van der Waals surface area contributed by atoms with Gasteiger partial charge in [-0.05, 0) is 18.2 Å². The molecule has 23 heavy (non-hydrogen) atoms. The monoisotopic (exact) mass is 348 g/mol. The van der Waals surface area contributed by atoms with Crippen molar-refractivity contribution in [3.63, 3.8) is 0 Å². The predicted octanol–water partition coefficient (Wildman–Crippen LogP) is 3.52. The van der Waals surface area contributed by atoms with Crippen molar-refractivity contribution in [3.8, 4) is 0 Å². The Hall–Kier alpha value is -2.31. The minimum atomic E-state index is -0.968. The lowest BCUT2D eigenvalue weighted by atomic mass is 10.2. The smallest absolute Gasteiger partial charge is 0.345 e. The van der Waals surface area contributed by atoms with Crippen molar-refractivity contribution < 1.29 is 14.7 Å². The lowest BCUT2D eigenvalue weighted by Crippen LogP contribution is -2.24. The number of aromatic nitrogens is 1. The molecular weight excluding hydrogens is 336 g/mol. The quantitative estimate of drug-likeness (QED) is 0.757. The first-order valence-electron chi connectivity index (χ1n) is 6.82. The van der Waals surface area contributed by atoms with E-state index in [1.165, 1.54) is 6.07 Å². The van der Waals surface area contributed by atoms with Crippen LogP contribution >= 0.6 is 22.9 Å². The van der Waals surface area contributed by atoms with E-state index in [0.29, 0.717) is 10.7 Å². The highest BCUT2D eigenvalue weighted by Gasteiger charge is 2.19. The number of benzene rings is 1. The molecule has 0 unspecified atom stereocenters. The van der Waals surface area contributed by atoms with E-state index in [-0.39, 0.29) is 17.3 Å². The molecule has 0 spiro atoms. The summed E-state index contributed by atoms with van der Waals surface area (Å²) < 4.78 is 1.75. The van der Waals surface area contributed by atoms with Gasteiger partial charge in [0.1, 0.15) is 10.6 Å². The molecule has 0 radical (unpaired) electrons. The lowest BCUT2D eigenvalue weighted by Gasteiger charge is -2.06. The van der Waals surface area contributed by atoms with Crippen LogP contribution in [0.2, 0.25) is 5.02 Å². The summed E-state index contributed by atoms with van der Waals surface area (Å²) in [4.78, 5) is 24.3. The highest BCUT2D eigenvalue weighted by atomic mass is 35.5. The Bertz CT molecular complexity index is 874. The Labute approximate surface area is 141 Å². The molecule has 0 fully saturated rings. The van der Waals surface area contributed by atoms with E-state index >= 15 is 0 Å². The van der Waals surface area contributed by atoms with E-state index in [1.807, 2.05) is 24.3 Å². The molecule has 2 heterocycles. The fourth-order valence-corrected chi connectivity index (χ4v) is 3.60. The highest BCUT2D eigenvalue weighted by Crippen LogP contribution is 2.29. The summed E-state index contributed by atoms with van der Waals surface area (Å²) in [7, 11) is 1.79.